The van der Waals surface area contributed by atoms with Crippen LogP contribution >= 0.6 is 0 Å². The molecule has 0 atom stereocenters. The Morgan fingerprint density at radius 3 is 2.79 bits per heavy atom. The number of ether oxygens (including phenoxy) is 1. The average molecular weight is 382 g/mol. The van der Waals surface area contributed by atoms with Crippen molar-refractivity contribution in [2.75, 3.05) is 38.7 Å². The lowest BCUT2D eigenvalue weighted by Crippen LogP contribution is -2.19. The van der Waals surface area contributed by atoms with Crippen molar-refractivity contribution in [2.45, 2.75) is 25.9 Å². The van der Waals surface area contributed by atoms with Crippen LogP contribution in [0.4, 0.5) is 5.95 Å². The molecule has 8 heteroatoms. The van der Waals surface area contributed by atoms with Crippen molar-refractivity contribution in [3.8, 4) is 0 Å². The number of hydrogen-bond acceptors (Lipinski definition) is 6. The van der Waals surface area contributed by atoms with E-state index in [0.29, 0.717) is 36.8 Å². The van der Waals surface area contributed by atoms with Gasteiger partial charge in [-0.1, -0.05) is 24.3 Å². The van der Waals surface area contributed by atoms with E-state index in [9.17, 15) is 4.79 Å². The minimum Gasteiger partial charge on any atom is -0.383 e. The first kappa shape index (κ1) is 18.6. The average Bonchev–Trinajstić information content (AvgIpc) is 3.31. The Balaban J connectivity index is 1.55. The van der Waals surface area contributed by atoms with Gasteiger partial charge in [-0.2, -0.15) is 4.98 Å². The van der Waals surface area contributed by atoms with Crippen LogP contribution in [-0.4, -0.2) is 57.8 Å². The van der Waals surface area contributed by atoms with Crippen molar-refractivity contribution in [2.24, 2.45) is 0 Å². The number of methoxy groups -OCH3 is 1. The number of nitrogens with zero attached hydrogens (tertiary/aromatic N) is 4. The minimum absolute atomic E-state index is 0.178. The maximum absolute atomic E-state index is 12.5. The Kier molecular flexibility index (Phi) is 5.68. The summed E-state index contributed by atoms with van der Waals surface area (Å²) in [7, 11) is 1.65. The molecule has 1 fully saturated rings. The number of anilines is 1. The van der Waals surface area contributed by atoms with Gasteiger partial charge < -0.3 is 15.0 Å². The highest BCUT2D eigenvalue weighted by molar-refractivity contribution is 5.71. The molecule has 1 aliphatic heterocycles. The maximum Gasteiger partial charge on any atom is 0.328 e. The Morgan fingerprint density at radius 2 is 2.00 bits per heavy atom. The van der Waals surface area contributed by atoms with E-state index in [2.05, 4.69) is 49.4 Å². The predicted molar refractivity (Wildman–Crippen MR) is 109 cm³/mol. The number of nitrogens with one attached hydrogen (secondary N) is 2. The molecule has 0 radical (unpaired) electrons. The fraction of sp³-hybridized carbons (Fsp3) is 0.450. The van der Waals surface area contributed by atoms with Crippen molar-refractivity contribution in [1.29, 1.82) is 0 Å². The summed E-state index contributed by atoms with van der Waals surface area (Å²) >= 11 is 0. The van der Waals surface area contributed by atoms with E-state index in [-0.39, 0.29) is 5.69 Å². The molecule has 28 heavy (non-hydrogen) atoms. The first-order chi connectivity index (χ1) is 13.7. The van der Waals surface area contributed by atoms with E-state index in [1.807, 2.05) is 0 Å². The summed E-state index contributed by atoms with van der Waals surface area (Å²) in [5, 5.41) is 3.11. The Hall–Kier alpha value is -2.71. The number of hydrogen-bond donors (Lipinski definition) is 2. The summed E-state index contributed by atoms with van der Waals surface area (Å²) in [4.78, 5) is 26.5. The van der Waals surface area contributed by atoms with Crippen LogP contribution in [0, 0.1) is 0 Å². The van der Waals surface area contributed by atoms with Crippen LogP contribution in [0.15, 0.2) is 35.3 Å². The van der Waals surface area contributed by atoms with Gasteiger partial charge >= 0.3 is 5.69 Å². The zero-order valence-electron chi connectivity index (χ0n) is 16.1. The zero-order chi connectivity index (χ0) is 19.3. The summed E-state index contributed by atoms with van der Waals surface area (Å²) in [6.45, 7) is 4.94. The number of fused-ring (bicyclic) bond motifs is 1. The van der Waals surface area contributed by atoms with Crippen LogP contribution in [-0.2, 0) is 17.8 Å². The largest absolute Gasteiger partial charge is 0.383 e. The summed E-state index contributed by atoms with van der Waals surface area (Å²) in [5.41, 5.74) is 3.43. The molecule has 1 aromatic carbocycles. The number of aromatic amines is 1. The molecule has 0 unspecified atom stereocenters. The topological polar surface area (TPSA) is 88.1 Å². The predicted octanol–water partition coefficient (Wildman–Crippen LogP) is 1.82. The molecule has 3 heterocycles. The number of likely N-dealkylation sites (tertiary alicyclic amines) is 1. The second kappa shape index (κ2) is 8.53. The Morgan fingerprint density at radius 1 is 1.21 bits per heavy atom. The second-order valence-electron chi connectivity index (χ2n) is 7.17. The molecular weight excluding hydrogens is 356 g/mol. The highest BCUT2D eigenvalue weighted by Gasteiger charge is 2.13. The van der Waals surface area contributed by atoms with Crippen LogP contribution in [0.2, 0.25) is 0 Å². The number of aromatic nitrogens is 4. The maximum atomic E-state index is 12.5. The fourth-order valence-corrected chi connectivity index (χ4v) is 3.65. The third kappa shape index (κ3) is 4.23. The first-order valence-corrected chi connectivity index (χ1v) is 9.71. The second-order valence-corrected chi connectivity index (χ2v) is 7.17. The SMILES string of the molecule is COCCNc1ncc2[nH]c(=O)n(Cc3cccc(CN4CCCC4)c3)c2n1. The lowest BCUT2D eigenvalue weighted by atomic mass is 10.1. The molecule has 0 spiro atoms. The van der Waals surface area contributed by atoms with Crippen LogP contribution in [0.25, 0.3) is 11.2 Å². The standard InChI is InChI=1S/C20H26N6O2/c1-28-10-7-21-19-22-12-17-18(24-19)26(20(27)23-17)14-16-6-4-5-15(11-16)13-25-8-2-3-9-25/h4-6,11-12H,2-3,7-10,13-14H2,1H3,(H,23,27)(H,21,22,24). The molecular formula is C20H26N6O2. The lowest BCUT2D eigenvalue weighted by Gasteiger charge is -2.15. The number of rotatable bonds is 8. The molecule has 1 aliphatic rings. The molecule has 2 N–H and O–H groups in total. The molecule has 2 aromatic heterocycles. The van der Waals surface area contributed by atoms with Crippen LogP contribution in [0.1, 0.15) is 24.0 Å². The highest BCUT2D eigenvalue weighted by atomic mass is 16.5. The van der Waals surface area contributed by atoms with E-state index in [1.165, 1.54) is 31.5 Å². The van der Waals surface area contributed by atoms with Crippen molar-refractivity contribution < 1.29 is 4.74 Å². The minimum atomic E-state index is -0.178. The number of benzene rings is 1. The quantitative estimate of drug-likeness (QED) is 0.578. The van der Waals surface area contributed by atoms with E-state index in [4.69, 9.17) is 4.74 Å². The van der Waals surface area contributed by atoms with E-state index >= 15 is 0 Å². The third-order valence-electron chi connectivity index (χ3n) is 5.04. The molecule has 8 nitrogen and oxygen atoms in total. The van der Waals surface area contributed by atoms with Gasteiger partial charge in [-0.05, 0) is 37.1 Å². The van der Waals surface area contributed by atoms with Gasteiger partial charge in [0.25, 0.3) is 0 Å². The summed E-state index contributed by atoms with van der Waals surface area (Å²) < 4.78 is 6.69. The Bertz CT molecular complexity index is 990. The van der Waals surface area contributed by atoms with Gasteiger partial charge in [-0.3, -0.25) is 9.47 Å². The lowest BCUT2D eigenvalue weighted by molar-refractivity contribution is 0.210. The fourth-order valence-electron chi connectivity index (χ4n) is 3.65. The first-order valence-electron chi connectivity index (χ1n) is 9.71. The molecule has 1 saturated heterocycles. The van der Waals surface area contributed by atoms with E-state index in [1.54, 1.807) is 17.9 Å². The molecule has 0 aliphatic carbocycles. The van der Waals surface area contributed by atoms with Crippen molar-refractivity contribution in [3.63, 3.8) is 0 Å². The summed E-state index contributed by atoms with van der Waals surface area (Å²) in [6, 6.07) is 8.45. The van der Waals surface area contributed by atoms with Gasteiger partial charge in [-0.15, -0.1) is 0 Å². The smallest absolute Gasteiger partial charge is 0.328 e. The number of H-pyrrole nitrogens is 1. The highest BCUT2D eigenvalue weighted by Crippen LogP contribution is 2.16. The van der Waals surface area contributed by atoms with Gasteiger partial charge in [-0.25, -0.2) is 9.78 Å². The molecule has 4 rings (SSSR count). The molecule has 0 saturated carbocycles. The molecule has 3 aromatic rings. The monoisotopic (exact) mass is 382 g/mol. The van der Waals surface area contributed by atoms with Gasteiger partial charge in [0, 0.05) is 20.2 Å². The van der Waals surface area contributed by atoms with Crippen molar-refractivity contribution in [3.05, 3.63) is 52.1 Å². The van der Waals surface area contributed by atoms with Gasteiger partial charge in [0.2, 0.25) is 5.95 Å². The van der Waals surface area contributed by atoms with Gasteiger partial charge in [0.1, 0.15) is 5.52 Å². The van der Waals surface area contributed by atoms with Crippen LogP contribution in [0.5, 0.6) is 0 Å². The van der Waals surface area contributed by atoms with Crippen molar-refractivity contribution >= 4 is 17.1 Å². The van der Waals surface area contributed by atoms with Gasteiger partial charge in [0.15, 0.2) is 5.65 Å². The molecule has 0 bridgehead atoms. The normalized spacial score (nSPS) is 14.8. The third-order valence-corrected chi connectivity index (χ3v) is 5.04. The van der Waals surface area contributed by atoms with E-state index in [0.717, 1.165) is 12.1 Å². The molecule has 0 amide bonds. The van der Waals surface area contributed by atoms with Crippen LogP contribution < -0.4 is 11.0 Å². The van der Waals surface area contributed by atoms with Crippen molar-refractivity contribution in [1.82, 2.24) is 24.4 Å². The summed E-state index contributed by atoms with van der Waals surface area (Å²) in [5.74, 6) is 0.486. The van der Waals surface area contributed by atoms with E-state index < -0.39 is 0 Å². The van der Waals surface area contributed by atoms with Crippen LogP contribution in [0.3, 0.4) is 0 Å². The summed E-state index contributed by atoms with van der Waals surface area (Å²) in [6.07, 6.45) is 4.20. The zero-order valence-corrected chi connectivity index (χ0v) is 16.1. The number of imidazole rings is 1. The van der Waals surface area contributed by atoms with Gasteiger partial charge in [0.05, 0.1) is 19.3 Å². The Labute approximate surface area is 163 Å². The molecule has 148 valence electrons.